The van der Waals surface area contributed by atoms with Gasteiger partial charge in [0.2, 0.25) is 10.0 Å². The molecular weight excluding hydrogens is 345 g/mol. The van der Waals surface area contributed by atoms with Gasteiger partial charge in [-0.3, -0.25) is 0 Å². The van der Waals surface area contributed by atoms with E-state index in [-0.39, 0.29) is 6.54 Å². The summed E-state index contributed by atoms with van der Waals surface area (Å²) in [4.78, 5) is 10.0. The summed E-state index contributed by atoms with van der Waals surface area (Å²) in [6.45, 7) is 0.0267. The molecule has 0 amide bonds. The van der Waals surface area contributed by atoms with Gasteiger partial charge in [0.25, 0.3) is 0 Å². The fourth-order valence-electron chi connectivity index (χ4n) is 1.89. The molecule has 0 radical (unpaired) electrons. The summed E-state index contributed by atoms with van der Waals surface area (Å²) in [5.74, 6) is -2.61. The lowest BCUT2D eigenvalue weighted by molar-refractivity contribution is -0.255. The second kappa shape index (κ2) is 7.08. The molecule has 0 aromatic heterocycles. The molecule has 8 heteroatoms. The van der Waals surface area contributed by atoms with E-state index in [9.17, 15) is 22.7 Å². The van der Waals surface area contributed by atoms with Gasteiger partial charge in [-0.1, -0.05) is 29.8 Å². The highest BCUT2D eigenvalue weighted by Crippen LogP contribution is 2.16. The molecule has 5 nitrogen and oxygen atoms in total. The predicted octanol–water partition coefficient (Wildman–Crippen LogP) is 1.36. The van der Waals surface area contributed by atoms with Crippen molar-refractivity contribution in [3.63, 3.8) is 0 Å². The van der Waals surface area contributed by atoms with Crippen LogP contribution in [0.5, 0.6) is 0 Å². The van der Waals surface area contributed by atoms with Crippen LogP contribution >= 0.6 is 11.6 Å². The Hall–Kier alpha value is -1.96. The van der Waals surface area contributed by atoms with Crippen LogP contribution in [0.4, 0.5) is 4.39 Å². The highest BCUT2D eigenvalue weighted by molar-refractivity contribution is 7.89. The molecule has 1 N–H and O–H groups in total. The average Bonchev–Trinajstić information content (AvgIpc) is 2.49. The van der Waals surface area contributed by atoms with Crippen LogP contribution in [0.15, 0.2) is 47.4 Å². The van der Waals surface area contributed by atoms with Crippen molar-refractivity contribution in [1.82, 2.24) is 4.72 Å². The van der Waals surface area contributed by atoms with Crippen molar-refractivity contribution in [3.05, 3.63) is 64.4 Å². The molecule has 0 atom stereocenters. The van der Waals surface area contributed by atoms with Gasteiger partial charge >= 0.3 is 0 Å². The second-order valence-corrected chi connectivity index (χ2v) is 6.88. The fourth-order valence-corrected chi connectivity index (χ4v) is 3.15. The second-order valence-electron chi connectivity index (χ2n) is 4.71. The molecule has 2 aromatic carbocycles. The van der Waals surface area contributed by atoms with Crippen LogP contribution < -0.4 is 9.83 Å². The van der Waals surface area contributed by atoms with Crippen molar-refractivity contribution in [2.45, 2.75) is 11.3 Å². The molecule has 0 bridgehead atoms. The number of rotatable bonds is 6. The van der Waals surface area contributed by atoms with Gasteiger partial charge in [0.15, 0.2) is 0 Å². The Morgan fingerprint density at radius 3 is 2.43 bits per heavy atom. The molecule has 2 rings (SSSR count). The minimum Gasteiger partial charge on any atom is -0.545 e. The van der Waals surface area contributed by atoms with E-state index in [2.05, 4.69) is 4.72 Å². The number of carbonyl (C=O) groups is 1. The Kier molecular flexibility index (Phi) is 5.35. The minimum absolute atomic E-state index is 0.0267. The van der Waals surface area contributed by atoms with E-state index >= 15 is 0 Å². The number of aromatic carboxylic acids is 1. The van der Waals surface area contributed by atoms with Gasteiger partial charge in [0.1, 0.15) is 10.7 Å². The molecule has 0 unspecified atom stereocenters. The molecule has 0 aliphatic carbocycles. The lowest BCUT2D eigenvalue weighted by Gasteiger charge is -2.10. The normalized spacial score (nSPS) is 11.4. The summed E-state index contributed by atoms with van der Waals surface area (Å²) in [5.41, 5.74) is 0.436. The Labute approximate surface area is 137 Å². The Morgan fingerprint density at radius 1 is 1.17 bits per heavy atom. The number of sulfonamides is 1. The number of hydrogen-bond acceptors (Lipinski definition) is 4. The van der Waals surface area contributed by atoms with E-state index in [4.69, 9.17) is 11.6 Å². The molecule has 2 aromatic rings. The van der Waals surface area contributed by atoms with Crippen LogP contribution in [0, 0.1) is 5.82 Å². The van der Waals surface area contributed by atoms with Gasteiger partial charge in [0.05, 0.1) is 5.97 Å². The molecule has 0 saturated carbocycles. The van der Waals surface area contributed by atoms with E-state index < -0.39 is 32.3 Å². The van der Waals surface area contributed by atoms with E-state index in [1.54, 1.807) is 24.3 Å². The van der Waals surface area contributed by atoms with E-state index in [1.807, 2.05) is 0 Å². The third-order valence-electron chi connectivity index (χ3n) is 3.08. The first-order valence-electron chi connectivity index (χ1n) is 6.54. The maximum absolute atomic E-state index is 13.7. The molecule has 0 fully saturated rings. The van der Waals surface area contributed by atoms with Gasteiger partial charge in [-0.05, 0) is 41.8 Å². The highest BCUT2D eigenvalue weighted by atomic mass is 35.5. The molecule has 0 saturated heterocycles. The first-order valence-corrected chi connectivity index (χ1v) is 8.41. The van der Waals surface area contributed by atoms with Crippen molar-refractivity contribution in [2.75, 3.05) is 6.54 Å². The van der Waals surface area contributed by atoms with Crippen LogP contribution in [0.2, 0.25) is 5.02 Å². The predicted molar refractivity (Wildman–Crippen MR) is 81.1 cm³/mol. The van der Waals surface area contributed by atoms with Crippen molar-refractivity contribution in [2.24, 2.45) is 0 Å². The number of carboxylic acids is 1. The van der Waals surface area contributed by atoms with Crippen LogP contribution in [0.3, 0.4) is 0 Å². The number of carbonyl (C=O) groups excluding carboxylic acids is 1. The summed E-state index contributed by atoms with van der Waals surface area (Å²) in [6, 6.07) is 9.29. The zero-order chi connectivity index (χ0) is 17.0. The van der Waals surface area contributed by atoms with Gasteiger partial charge in [-0.15, -0.1) is 0 Å². The molecule has 0 aliphatic heterocycles. The van der Waals surface area contributed by atoms with Crippen LogP contribution in [0.1, 0.15) is 15.9 Å². The number of benzene rings is 2. The summed E-state index contributed by atoms with van der Waals surface area (Å²) in [6.07, 6.45) is 0.373. The fraction of sp³-hybridized carbons (Fsp3) is 0.133. The van der Waals surface area contributed by atoms with Crippen molar-refractivity contribution in [1.29, 1.82) is 0 Å². The first-order chi connectivity index (χ1) is 10.8. The zero-order valence-electron chi connectivity index (χ0n) is 11.8. The smallest absolute Gasteiger partial charge is 0.243 e. The molecule has 0 heterocycles. The average molecular weight is 357 g/mol. The maximum atomic E-state index is 13.7. The molecule has 0 spiro atoms. The molecule has 0 aliphatic rings. The third-order valence-corrected chi connectivity index (χ3v) is 4.80. The van der Waals surface area contributed by atoms with Gasteiger partial charge in [0, 0.05) is 11.6 Å². The summed E-state index contributed by atoms with van der Waals surface area (Å²) < 4.78 is 40.1. The number of carboxylic acid groups (broad SMARTS) is 1. The first kappa shape index (κ1) is 17.4. The SMILES string of the molecule is O=C([O-])c1ccc(F)c(S(=O)(=O)NCCc2ccc(Cl)cc2)c1. The minimum atomic E-state index is -4.17. The van der Waals surface area contributed by atoms with Crippen molar-refractivity contribution < 1.29 is 22.7 Å². The Morgan fingerprint density at radius 2 is 1.83 bits per heavy atom. The van der Waals surface area contributed by atoms with Crippen LogP contribution in [0.25, 0.3) is 0 Å². The summed E-state index contributed by atoms with van der Waals surface area (Å²) >= 11 is 5.75. The third kappa shape index (κ3) is 4.51. The largest absolute Gasteiger partial charge is 0.545 e. The summed E-state index contributed by atoms with van der Waals surface area (Å²) in [7, 11) is -4.17. The molecule has 122 valence electrons. The molecule has 23 heavy (non-hydrogen) atoms. The standard InChI is InChI=1S/C15H13ClFNO4S/c16-12-4-1-10(2-5-12)7-8-18-23(21,22)14-9-11(15(19)20)3-6-13(14)17/h1-6,9,18H,7-8H2,(H,19,20)/p-1. The highest BCUT2D eigenvalue weighted by Gasteiger charge is 2.19. The van der Waals surface area contributed by atoms with E-state index in [0.717, 1.165) is 23.8 Å². The Balaban J connectivity index is 2.11. The number of nitrogens with one attached hydrogen (secondary N) is 1. The zero-order valence-corrected chi connectivity index (χ0v) is 13.3. The van der Waals surface area contributed by atoms with Crippen molar-refractivity contribution >= 4 is 27.6 Å². The van der Waals surface area contributed by atoms with E-state index in [0.29, 0.717) is 11.4 Å². The number of halogens is 2. The maximum Gasteiger partial charge on any atom is 0.243 e. The number of hydrogen-bond donors (Lipinski definition) is 1. The van der Waals surface area contributed by atoms with E-state index in [1.165, 1.54) is 0 Å². The summed E-state index contributed by atoms with van der Waals surface area (Å²) in [5, 5.41) is 11.3. The van der Waals surface area contributed by atoms with Crippen LogP contribution in [-0.4, -0.2) is 20.9 Å². The molecular formula is C15H12ClFNO4S-. The van der Waals surface area contributed by atoms with Gasteiger partial charge < -0.3 is 9.90 Å². The lowest BCUT2D eigenvalue weighted by atomic mass is 10.2. The quantitative estimate of drug-likeness (QED) is 0.846. The van der Waals surface area contributed by atoms with Crippen molar-refractivity contribution in [3.8, 4) is 0 Å². The Bertz CT molecular complexity index is 822. The topological polar surface area (TPSA) is 86.3 Å². The lowest BCUT2D eigenvalue weighted by Crippen LogP contribution is -2.28. The van der Waals surface area contributed by atoms with Gasteiger partial charge in [-0.25, -0.2) is 17.5 Å². The monoisotopic (exact) mass is 356 g/mol. The van der Waals surface area contributed by atoms with Crippen LogP contribution in [-0.2, 0) is 16.4 Å². The van der Waals surface area contributed by atoms with Gasteiger partial charge in [-0.2, -0.15) is 0 Å².